The van der Waals surface area contributed by atoms with Gasteiger partial charge in [0, 0.05) is 5.56 Å². The summed E-state index contributed by atoms with van der Waals surface area (Å²) >= 11 is 0. The number of amidine groups is 1. The van der Waals surface area contributed by atoms with Crippen molar-refractivity contribution in [3.8, 4) is 0 Å². The zero-order valence-corrected chi connectivity index (χ0v) is 9.79. The molecule has 17 heavy (non-hydrogen) atoms. The summed E-state index contributed by atoms with van der Waals surface area (Å²) in [6.45, 7) is 0. The number of sulfone groups is 1. The number of nitrogens with one attached hydrogen (secondary N) is 1. The van der Waals surface area contributed by atoms with Crippen LogP contribution in [0.4, 0.5) is 13.2 Å². The van der Waals surface area contributed by atoms with Crippen LogP contribution in [0.5, 0.6) is 0 Å². The van der Waals surface area contributed by atoms with Crippen LogP contribution in [0.25, 0.3) is 0 Å². The monoisotopic (exact) mass is 288 g/mol. The highest BCUT2D eigenvalue weighted by atomic mass is 35.5. The van der Waals surface area contributed by atoms with E-state index in [9.17, 15) is 21.6 Å². The van der Waals surface area contributed by atoms with Gasteiger partial charge in [0.15, 0.2) is 0 Å². The van der Waals surface area contributed by atoms with E-state index in [1.54, 1.807) is 0 Å². The third-order valence-corrected chi connectivity index (χ3v) is 3.28. The molecule has 4 nitrogen and oxygen atoms in total. The van der Waals surface area contributed by atoms with Crippen molar-refractivity contribution in [3.05, 3.63) is 29.8 Å². The van der Waals surface area contributed by atoms with Crippen molar-refractivity contribution in [1.29, 1.82) is 5.41 Å². The van der Waals surface area contributed by atoms with Crippen molar-refractivity contribution < 1.29 is 21.6 Å². The lowest BCUT2D eigenvalue weighted by Gasteiger charge is -2.08. The van der Waals surface area contributed by atoms with Gasteiger partial charge in [-0.1, -0.05) is 12.1 Å². The Labute approximate surface area is 101 Å². The molecule has 0 spiro atoms. The summed E-state index contributed by atoms with van der Waals surface area (Å²) in [5.74, 6) is -0.351. The van der Waals surface area contributed by atoms with Crippen molar-refractivity contribution in [2.24, 2.45) is 5.73 Å². The molecule has 1 aromatic carbocycles. The van der Waals surface area contributed by atoms with Crippen LogP contribution in [0.15, 0.2) is 29.2 Å². The minimum Gasteiger partial charge on any atom is -0.384 e. The van der Waals surface area contributed by atoms with E-state index in [-0.39, 0.29) is 23.8 Å². The Kier molecular flexibility index (Phi) is 4.55. The van der Waals surface area contributed by atoms with Crippen molar-refractivity contribution in [3.63, 3.8) is 0 Å². The Morgan fingerprint density at radius 3 is 1.88 bits per heavy atom. The molecular weight excluding hydrogens is 281 g/mol. The number of alkyl halides is 3. The maximum atomic E-state index is 12.1. The summed E-state index contributed by atoms with van der Waals surface area (Å²) in [6, 6.07) is 3.61. The topological polar surface area (TPSA) is 84.0 Å². The van der Waals surface area contributed by atoms with Crippen LogP contribution in [-0.4, -0.2) is 19.8 Å². The molecule has 0 heterocycles. The predicted octanol–water partition coefficient (Wildman–Crippen LogP) is 1.69. The van der Waals surface area contributed by atoms with Crippen molar-refractivity contribution >= 4 is 28.1 Å². The van der Waals surface area contributed by atoms with E-state index >= 15 is 0 Å². The van der Waals surface area contributed by atoms with Gasteiger partial charge in [-0.05, 0) is 12.1 Å². The van der Waals surface area contributed by atoms with Gasteiger partial charge in [-0.25, -0.2) is 8.42 Å². The molecular formula is C8H8ClF3N2O2S. The van der Waals surface area contributed by atoms with Gasteiger partial charge in [-0.3, -0.25) is 5.41 Å². The lowest BCUT2D eigenvalue weighted by Crippen LogP contribution is -2.23. The molecule has 1 aromatic rings. The van der Waals surface area contributed by atoms with Crippen molar-refractivity contribution in [2.75, 3.05) is 0 Å². The molecule has 0 atom stereocenters. The first kappa shape index (κ1) is 15.7. The Morgan fingerprint density at radius 2 is 1.59 bits per heavy atom. The van der Waals surface area contributed by atoms with Gasteiger partial charge in [0.2, 0.25) is 0 Å². The highest BCUT2D eigenvalue weighted by Gasteiger charge is 2.46. The minimum absolute atomic E-state index is 0. The van der Waals surface area contributed by atoms with E-state index in [1.165, 1.54) is 0 Å². The number of nitrogens with two attached hydrogens (primary N) is 1. The zero-order valence-electron chi connectivity index (χ0n) is 8.15. The maximum absolute atomic E-state index is 12.1. The van der Waals surface area contributed by atoms with Crippen LogP contribution in [0.3, 0.4) is 0 Å². The van der Waals surface area contributed by atoms with Gasteiger partial charge < -0.3 is 5.73 Å². The standard InChI is InChI=1S/C8H7F3N2O2S.ClH/c9-8(10,11)16(14,15)6-3-1-5(2-4-6)7(12)13;/h1-4H,(H3,12,13);1H. The second kappa shape index (κ2) is 4.92. The smallest absolute Gasteiger partial charge is 0.384 e. The first-order valence-electron chi connectivity index (χ1n) is 3.92. The second-order valence-corrected chi connectivity index (χ2v) is 4.83. The third-order valence-electron chi connectivity index (χ3n) is 1.78. The summed E-state index contributed by atoms with van der Waals surface area (Å²) in [4.78, 5) is -0.870. The SMILES string of the molecule is Cl.N=C(N)c1ccc(S(=O)(=O)C(F)(F)F)cc1. The Balaban J connectivity index is 0.00000256. The van der Waals surface area contributed by atoms with Gasteiger partial charge in [-0.15, -0.1) is 12.4 Å². The molecule has 0 aliphatic rings. The first-order chi connectivity index (χ1) is 7.16. The highest BCUT2D eigenvalue weighted by Crippen LogP contribution is 2.30. The van der Waals surface area contributed by atoms with Crippen molar-refractivity contribution in [1.82, 2.24) is 0 Å². The molecule has 0 aliphatic heterocycles. The van der Waals surface area contributed by atoms with Gasteiger partial charge in [0.05, 0.1) is 4.90 Å². The summed E-state index contributed by atoms with van der Waals surface area (Å²) in [5.41, 5.74) is -0.105. The summed E-state index contributed by atoms with van der Waals surface area (Å²) in [6.07, 6.45) is 0. The van der Waals surface area contributed by atoms with Crippen molar-refractivity contribution in [2.45, 2.75) is 10.4 Å². The highest BCUT2D eigenvalue weighted by molar-refractivity contribution is 7.92. The molecule has 0 saturated carbocycles. The number of nitrogen functional groups attached to an aromatic ring is 1. The van der Waals surface area contributed by atoms with Gasteiger partial charge in [-0.2, -0.15) is 13.2 Å². The Bertz CT molecular complexity index is 511. The van der Waals surface area contributed by atoms with Crippen LogP contribution in [0.1, 0.15) is 5.56 Å². The fourth-order valence-electron chi connectivity index (χ4n) is 0.947. The summed E-state index contributed by atoms with van der Waals surface area (Å²) in [5, 5.41) is 6.99. The van der Waals surface area contributed by atoms with Crippen LogP contribution in [0, 0.1) is 5.41 Å². The van der Waals surface area contributed by atoms with Gasteiger partial charge in [0.25, 0.3) is 9.84 Å². The van der Waals surface area contributed by atoms with E-state index in [2.05, 4.69) is 0 Å². The van der Waals surface area contributed by atoms with Gasteiger partial charge in [0.1, 0.15) is 5.84 Å². The molecule has 0 fully saturated rings. The van der Waals surface area contributed by atoms with Crippen LogP contribution < -0.4 is 5.73 Å². The Morgan fingerprint density at radius 1 is 1.18 bits per heavy atom. The average Bonchev–Trinajstić information content (AvgIpc) is 2.16. The van der Waals surface area contributed by atoms with E-state index in [1.807, 2.05) is 0 Å². The predicted molar refractivity (Wildman–Crippen MR) is 57.9 cm³/mol. The molecule has 0 radical (unpaired) electrons. The molecule has 9 heteroatoms. The normalized spacial score (nSPS) is 11.7. The quantitative estimate of drug-likeness (QED) is 0.641. The zero-order chi connectivity index (χ0) is 12.6. The van der Waals surface area contributed by atoms with Crippen LogP contribution in [-0.2, 0) is 9.84 Å². The van der Waals surface area contributed by atoms with Crippen LogP contribution >= 0.6 is 12.4 Å². The van der Waals surface area contributed by atoms with E-state index in [4.69, 9.17) is 11.1 Å². The molecule has 3 N–H and O–H groups in total. The molecule has 0 bridgehead atoms. The van der Waals surface area contributed by atoms with E-state index in [0.29, 0.717) is 0 Å². The lowest BCUT2D eigenvalue weighted by molar-refractivity contribution is -0.0436. The molecule has 0 aromatic heterocycles. The first-order valence-corrected chi connectivity index (χ1v) is 5.40. The fourth-order valence-corrected chi connectivity index (χ4v) is 1.71. The van der Waals surface area contributed by atoms with E-state index in [0.717, 1.165) is 24.3 Å². The fraction of sp³-hybridized carbons (Fsp3) is 0.125. The lowest BCUT2D eigenvalue weighted by atomic mass is 10.2. The Hall–Kier alpha value is -1.28. The average molecular weight is 289 g/mol. The number of benzene rings is 1. The van der Waals surface area contributed by atoms with Gasteiger partial charge >= 0.3 is 5.51 Å². The number of hydrogen-bond acceptors (Lipinski definition) is 3. The number of hydrogen-bond donors (Lipinski definition) is 2. The largest absolute Gasteiger partial charge is 0.501 e. The number of rotatable bonds is 2. The minimum atomic E-state index is -5.33. The van der Waals surface area contributed by atoms with Crippen LogP contribution in [0.2, 0.25) is 0 Å². The maximum Gasteiger partial charge on any atom is 0.501 e. The van der Waals surface area contributed by atoms with E-state index < -0.39 is 20.2 Å². The second-order valence-electron chi connectivity index (χ2n) is 2.89. The molecule has 0 amide bonds. The molecule has 0 saturated heterocycles. The number of halogens is 4. The molecule has 1 rings (SSSR count). The third kappa shape index (κ3) is 3.10. The summed E-state index contributed by atoms with van der Waals surface area (Å²) in [7, 11) is -5.33. The molecule has 0 unspecified atom stereocenters. The molecule has 96 valence electrons. The molecule has 0 aliphatic carbocycles. The summed E-state index contributed by atoms with van der Waals surface area (Å²) < 4.78 is 58.2.